The van der Waals surface area contributed by atoms with Crippen molar-refractivity contribution in [3.05, 3.63) is 34.3 Å². The molecule has 5 unspecified atom stereocenters. The van der Waals surface area contributed by atoms with Crippen LogP contribution in [0.15, 0.2) is 49.3 Å². The zero-order chi connectivity index (χ0) is 60.0. The number of hydrogen-bond donors (Lipinski definition) is 12. The van der Waals surface area contributed by atoms with Gasteiger partial charge in [-0.05, 0) is 70.6 Å². The molecule has 81 heavy (non-hydrogen) atoms. The summed E-state index contributed by atoms with van der Waals surface area (Å²) in [6.07, 6.45) is -6.79. The number of aliphatic hydroxyl groups excluding tert-OH is 3. The van der Waals surface area contributed by atoms with Crippen LogP contribution < -0.4 is 45.0 Å². The Hall–Kier alpha value is -5.22. The van der Waals surface area contributed by atoms with Gasteiger partial charge < -0.3 is 70.0 Å². The van der Waals surface area contributed by atoms with E-state index in [4.69, 9.17) is 63.2 Å². The molecule has 15 atom stereocenters. The number of aliphatic hydroxyl groups is 3. The number of hydrogen-bond acceptors (Lipinski definition) is 18. The molecule has 0 aliphatic carbocycles. The summed E-state index contributed by atoms with van der Waals surface area (Å²) >= 11 is 0. The van der Waals surface area contributed by atoms with E-state index in [2.05, 4.69) is 10.6 Å². The maximum Gasteiger partial charge on any atom is 3.00 e. The van der Waals surface area contributed by atoms with E-state index in [1.807, 2.05) is 54.5 Å². The Morgan fingerprint density at radius 3 is 1.91 bits per heavy atom. The van der Waals surface area contributed by atoms with Gasteiger partial charge in [0.1, 0.15) is 18.3 Å². The Morgan fingerprint density at radius 1 is 0.802 bits per heavy atom. The molecule has 7 amide bonds. The standard InChI is InChI=1S/C53H82N11O15P.Co/c1-24(78-80(75,76)79-44-32(23-65)77-48(74)43(44)73)22-60-40(72)16-17-50(6)30(18-37(57)69)47-53(9)52(8,21-39(59)71)29(12-15-36(56)68)42(64-53)26(3)46-51(7,20-38(58)70)27(10-13-34(54)66)31(61-46)19-33-49(4,5)28(11-14-35(55)67)41(62-33)25(2)45(50)63-47;/h19,24,27-30,32,43-44,47-48,61,65,73-74H,10-18,20-23H2,1-9H3,(H2,54,66)(H2,55,67)(H2,56,68)(H2,57,69)(H2,58,70)(H2,59,71)(H,60,72)(H,75,76);/q;+3/b31-19-,41-25-,46-26-;/t24?,27-,28-,29-,30?,32-,43-,44-,47?,48+,50-,51+,52+,53?;/m1./s1. The van der Waals surface area contributed by atoms with Crippen molar-refractivity contribution in [2.45, 2.75) is 175 Å². The summed E-state index contributed by atoms with van der Waals surface area (Å²) in [5.74, 6) is -7.21. The maximum atomic E-state index is 14.1. The first-order valence-electron chi connectivity index (χ1n) is 26.9. The van der Waals surface area contributed by atoms with E-state index in [1.54, 1.807) is 6.92 Å². The summed E-state index contributed by atoms with van der Waals surface area (Å²) in [5, 5.41) is 36.1. The normalized spacial score (nSPS) is 36.5. The van der Waals surface area contributed by atoms with Gasteiger partial charge in [-0.25, -0.2) is 4.57 Å². The van der Waals surface area contributed by atoms with Crippen molar-refractivity contribution in [1.29, 1.82) is 0 Å². The fraction of sp³-hybridized carbons (Fsp3) is 0.698. The Balaban J connectivity index is 0.0000120. The van der Waals surface area contributed by atoms with Crippen molar-refractivity contribution in [3.63, 3.8) is 0 Å². The van der Waals surface area contributed by atoms with Crippen molar-refractivity contribution < 1.29 is 88.9 Å². The van der Waals surface area contributed by atoms with Crippen LogP contribution in [0.1, 0.15) is 133 Å². The molecule has 2 saturated heterocycles. The second kappa shape index (κ2) is 24.9. The molecule has 0 aromatic heterocycles. The van der Waals surface area contributed by atoms with Gasteiger partial charge in [0.2, 0.25) is 41.4 Å². The molecule has 0 radical (unpaired) electrons. The average molecular weight is 1200 g/mol. The van der Waals surface area contributed by atoms with E-state index in [0.717, 1.165) is 0 Å². The van der Waals surface area contributed by atoms with Crippen LogP contribution in [-0.2, 0) is 68.7 Å². The number of aliphatic imine (C=N–C) groups is 3. The second-order valence-electron chi connectivity index (χ2n) is 24.0. The molecule has 26 nitrogen and oxygen atoms in total. The predicted molar refractivity (Wildman–Crippen MR) is 291 cm³/mol. The summed E-state index contributed by atoms with van der Waals surface area (Å²) in [7, 11) is -5.01. The Kier molecular flexibility index (Phi) is 20.5. The largest absolute Gasteiger partial charge is 3.00 e. The van der Waals surface area contributed by atoms with E-state index in [9.17, 15) is 58.3 Å². The second-order valence-corrected chi connectivity index (χ2v) is 25.4. The number of fused-ring (bicyclic) bond motifs is 6. The van der Waals surface area contributed by atoms with Crippen molar-refractivity contribution in [2.24, 2.45) is 94.7 Å². The molecule has 8 bridgehead atoms. The first-order chi connectivity index (χ1) is 37.0. The van der Waals surface area contributed by atoms with Gasteiger partial charge >= 0.3 is 24.6 Å². The van der Waals surface area contributed by atoms with Crippen LogP contribution >= 0.6 is 7.82 Å². The molecule has 6 heterocycles. The zero-order valence-corrected chi connectivity index (χ0v) is 49.3. The van der Waals surface area contributed by atoms with Gasteiger partial charge in [-0.1, -0.05) is 34.6 Å². The number of carbonyl (C=O) groups is 7. The van der Waals surface area contributed by atoms with Crippen LogP contribution in [0.2, 0.25) is 0 Å². The predicted octanol–water partition coefficient (Wildman–Crippen LogP) is 0.314. The molecule has 2 fully saturated rings. The molecular formula is C53H82CoN11O15P+3. The maximum absolute atomic E-state index is 14.1. The van der Waals surface area contributed by atoms with Gasteiger partial charge in [0.15, 0.2) is 6.29 Å². The summed E-state index contributed by atoms with van der Waals surface area (Å²) < 4.78 is 28.4. The number of ether oxygens (including phenoxy) is 1. The van der Waals surface area contributed by atoms with E-state index < -0.39 is 143 Å². The van der Waals surface area contributed by atoms with Crippen LogP contribution in [-0.4, -0.2) is 134 Å². The molecule has 28 heteroatoms. The third-order valence-corrected chi connectivity index (χ3v) is 19.3. The first-order valence-corrected chi connectivity index (χ1v) is 28.4. The van der Waals surface area contributed by atoms with Gasteiger partial charge in [0.05, 0.1) is 24.3 Å². The summed E-state index contributed by atoms with van der Waals surface area (Å²) in [5.41, 5.74) is 33.9. The number of nitrogens with two attached hydrogens (primary N) is 6. The molecule has 18 N–H and O–H groups in total. The van der Waals surface area contributed by atoms with Gasteiger partial charge in [0.25, 0.3) is 0 Å². The van der Waals surface area contributed by atoms with E-state index in [1.165, 1.54) is 6.92 Å². The number of nitrogens with one attached hydrogen (secondary N) is 2. The number of nitrogens with zero attached hydrogens (tertiary/aromatic N) is 3. The van der Waals surface area contributed by atoms with Crippen LogP contribution in [0, 0.1) is 45.3 Å². The third kappa shape index (κ3) is 13.3. The van der Waals surface area contributed by atoms with E-state index in [-0.39, 0.29) is 94.0 Å². The van der Waals surface area contributed by atoms with Crippen molar-refractivity contribution in [3.8, 4) is 0 Å². The fourth-order valence-electron chi connectivity index (χ4n) is 13.7. The number of primary amides is 6. The Labute approximate surface area is 481 Å². The average Bonchev–Trinajstić information content (AvgIpc) is 4.26. The summed E-state index contributed by atoms with van der Waals surface area (Å²) in [6, 6.07) is -1.04. The summed E-state index contributed by atoms with van der Waals surface area (Å²) in [6.45, 7) is 15.2. The van der Waals surface area contributed by atoms with Crippen molar-refractivity contribution in [2.75, 3.05) is 13.2 Å². The molecule has 0 saturated carbocycles. The van der Waals surface area contributed by atoms with Gasteiger partial charge in [0, 0.05) is 131 Å². The number of phosphoric ester groups is 1. The SMILES string of the molecule is C/C1=C2N=C(/C=C3\N/C(=C(/C)C4=NC(C)(C5N=C1[C@](C)(CCC(=O)NCC(C)OP(=O)(O)O[C@H]1[C@@H](O)[C@@H](O)O[C@@H]1CO)C5CC(N)=O)[C@@](C)(CC(N)=O)[C@@H]4CCC(N)=O)[C@@](C)(CC(N)=O)[C@@H]3CCC(N)=O)C(C)(C)[C@@H]/2CCC(N)=O.[Co+3]. The zero-order valence-electron chi connectivity index (χ0n) is 47.4. The minimum atomic E-state index is -5.01. The van der Waals surface area contributed by atoms with Crippen LogP contribution in [0.3, 0.4) is 0 Å². The number of amides is 7. The minimum Gasteiger partial charge on any atom is -0.394 e. The molecule has 6 rings (SSSR count). The van der Waals surface area contributed by atoms with Gasteiger partial charge in [-0.2, -0.15) is 0 Å². The number of rotatable bonds is 25. The van der Waals surface area contributed by atoms with Crippen LogP contribution in [0.25, 0.3) is 0 Å². The van der Waals surface area contributed by atoms with Crippen LogP contribution in [0.4, 0.5) is 0 Å². The molecule has 0 spiro atoms. The summed E-state index contributed by atoms with van der Waals surface area (Å²) in [4.78, 5) is 120. The first kappa shape index (κ1) is 66.6. The number of allylic oxidation sites excluding steroid dienone is 6. The number of carbonyl (C=O) groups excluding carboxylic acids is 7. The van der Waals surface area contributed by atoms with Gasteiger partial charge in [-0.15, -0.1) is 0 Å². The topological polar surface area (TPSA) is 462 Å². The van der Waals surface area contributed by atoms with Crippen LogP contribution in [0.5, 0.6) is 0 Å². The smallest absolute Gasteiger partial charge is 0.394 e. The quantitative estimate of drug-likeness (QED) is 0.0548. The Morgan fingerprint density at radius 2 is 1.37 bits per heavy atom. The molecule has 0 aromatic rings. The van der Waals surface area contributed by atoms with Gasteiger partial charge in [-0.3, -0.25) is 57.6 Å². The van der Waals surface area contributed by atoms with Crippen molar-refractivity contribution in [1.82, 2.24) is 10.6 Å². The van der Waals surface area contributed by atoms with Crippen molar-refractivity contribution >= 4 is 66.3 Å². The molecular weight excluding hydrogens is 1120 g/mol. The molecule has 450 valence electrons. The number of phosphoric acid groups is 1. The van der Waals surface area contributed by atoms with E-state index >= 15 is 0 Å². The fourth-order valence-corrected chi connectivity index (χ4v) is 14.9. The van der Waals surface area contributed by atoms with E-state index in [0.29, 0.717) is 45.4 Å². The monoisotopic (exact) mass is 1200 g/mol. The Bertz CT molecular complexity index is 2800. The molecule has 6 aliphatic heterocycles. The molecule has 0 aromatic carbocycles. The molecule has 6 aliphatic rings. The third-order valence-electron chi connectivity index (χ3n) is 18.1. The minimum absolute atomic E-state index is 0.